The van der Waals surface area contributed by atoms with E-state index in [1.54, 1.807) is 13.8 Å². The van der Waals surface area contributed by atoms with Gasteiger partial charge in [-0.3, -0.25) is 0 Å². The molecule has 0 bridgehead atoms. The molecule has 0 spiro atoms. The van der Waals surface area contributed by atoms with Crippen LogP contribution in [-0.4, -0.2) is 15.0 Å². The standard InChI is InChI=1S/C10H11BF2O/c1-5(2)6-4-7(12)10(14-3)8(11)9(6)13/h4-5H,1-3H3. The Hall–Kier alpha value is -1.06. The highest BCUT2D eigenvalue weighted by atomic mass is 19.1. The Kier molecular flexibility index (Phi) is 3.14. The second-order valence-corrected chi connectivity index (χ2v) is 3.36. The summed E-state index contributed by atoms with van der Waals surface area (Å²) in [6.07, 6.45) is 0. The summed E-state index contributed by atoms with van der Waals surface area (Å²) in [5.41, 5.74) is -0.00278. The zero-order valence-electron chi connectivity index (χ0n) is 8.40. The molecular formula is C10H11BF2O. The molecule has 74 valence electrons. The average Bonchev–Trinajstić information content (AvgIpc) is 2.12. The van der Waals surface area contributed by atoms with Crippen LogP contribution in [0.3, 0.4) is 0 Å². The van der Waals surface area contributed by atoms with Gasteiger partial charge in [-0.2, -0.15) is 0 Å². The molecule has 0 amide bonds. The molecule has 0 aliphatic heterocycles. The second-order valence-electron chi connectivity index (χ2n) is 3.36. The third-order valence-corrected chi connectivity index (χ3v) is 2.06. The fraction of sp³-hybridized carbons (Fsp3) is 0.400. The number of hydrogen-bond donors (Lipinski definition) is 0. The van der Waals surface area contributed by atoms with Crippen molar-refractivity contribution in [1.82, 2.24) is 0 Å². The van der Waals surface area contributed by atoms with Crippen molar-refractivity contribution in [2.45, 2.75) is 19.8 Å². The summed E-state index contributed by atoms with van der Waals surface area (Å²) in [5.74, 6) is -1.57. The van der Waals surface area contributed by atoms with Crippen molar-refractivity contribution in [1.29, 1.82) is 0 Å². The number of benzene rings is 1. The van der Waals surface area contributed by atoms with Crippen LogP contribution in [0.4, 0.5) is 8.78 Å². The molecule has 14 heavy (non-hydrogen) atoms. The average molecular weight is 196 g/mol. The van der Waals surface area contributed by atoms with Crippen LogP contribution in [0, 0.1) is 11.6 Å². The highest BCUT2D eigenvalue weighted by molar-refractivity contribution is 6.34. The lowest BCUT2D eigenvalue weighted by molar-refractivity contribution is 0.386. The predicted molar refractivity (Wildman–Crippen MR) is 52.4 cm³/mol. The fourth-order valence-electron chi connectivity index (χ4n) is 1.28. The molecule has 1 aromatic carbocycles. The summed E-state index contributed by atoms with van der Waals surface area (Å²) >= 11 is 0. The topological polar surface area (TPSA) is 9.23 Å². The Morgan fingerprint density at radius 3 is 2.36 bits per heavy atom. The number of methoxy groups -OCH3 is 1. The van der Waals surface area contributed by atoms with Gasteiger partial charge in [0, 0.05) is 0 Å². The van der Waals surface area contributed by atoms with Crippen molar-refractivity contribution < 1.29 is 13.5 Å². The van der Waals surface area contributed by atoms with E-state index in [0.717, 1.165) is 6.07 Å². The van der Waals surface area contributed by atoms with E-state index in [2.05, 4.69) is 4.74 Å². The van der Waals surface area contributed by atoms with Gasteiger partial charge in [-0.05, 0) is 23.0 Å². The quantitative estimate of drug-likeness (QED) is 0.656. The minimum absolute atomic E-state index is 0.113. The van der Waals surface area contributed by atoms with Gasteiger partial charge in [-0.15, -0.1) is 0 Å². The van der Waals surface area contributed by atoms with Crippen LogP contribution in [0.25, 0.3) is 0 Å². The Balaban J connectivity index is 3.40. The van der Waals surface area contributed by atoms with Crippen molar-refractivity contribution in [3.63, 3.8) is 0 Å². The summed E-state index contributed by atoms with van der Waals surface area (Å²) in [4.78, 5) is 0. The maximum absolute atomic E-state index is 13.5. The molecule has 0 unspecified atom stereocenters. The van der Waals surface area contributed by atoms with Gasteiger partial charge in [0.2, 0.25) is 0 Å². The SMILES string of the molecule is [B]c1c(F)c(C(C)C)cc(F)c1OC. The molecule has 2 radical (unpaired) electrons. The van der Waals surface area contributed by atoms with Crippen LogP contribution in [0.1, 0.15) is 25.3 Å². The van der Waals surface area contributed by atoms with E-state index in [1.165, 1.54) is 7.11 Å². The minimum Gasteiger partial charge on any atom is -0.494 e. The first-order valence-corrected chi connectivity index (χ1v) is 4.30. The largest absolute Gasteiger partial charge is 0.494 e. The third kappa shape index (κ3) is 1.74. The van der Waals surface area contributed by atoms with E-state index >= 15 is 0 Å². The van der Waals surface area contributed by atoms with E-state index in [9.17, 15) is 8.78 Å². The summed E-state index contributed by atoms with van der Waals surface area (Å²) < 4.78 is 31.4. The lowest BCUT2D eigenvalue weighted by atomic mass is 9.88. The molecule has 0 atom stereocenters. The van der Waals surface area contributed by atoms with Gasteiger partial charge in [0.1, 0.15) is 19.4 Å². The molecule has 0 N–H and O–H groups in total. The van der Waals surface area contributed by atoms with Crippen LogP contribution in [0.15, 0.2) is 6.07 Å². The third-order valence-electron chi connectivity index (χ3n) is 2.06. The maximum atomic E-state index is 13.5. The van der Waals surface area contributed by atoms with Gasteiger partial charge < -0.3 is 4.74 Å². The number of rotatable bonds is 2. The Morgan fingerprint density at radius 1 is 1.36 bits per heavy atom. The van der Waals surface area contributed by atoms with Crippen molar-refractivity contribution in [2.75, 3.05) is 7.11 Å². The summed E-state index contributed by atoms with van der Waals surface area (Å²) in [7, 11) is 6.65. The van der Waals surface area contributed by atoms with Crippen molar-refractivity contribution in [3.8, 4) is 5.75 Å². The van der Waals surface area contributed by atoms with Crippen molar-refractivity contribution >= 4 is 13.3 Å². The molecule has 1 aromatic rings. The maximum Gasteiger partial charge on any atom is 0.164 e. The Morgan fingerprint density at radius 2 is 1.93 bits per heavy atom. The lowest BCUT2D eigenvalue weighted by Gasteiger charge is -2.13. The Bertz CT molecular complexity index is 350. The monoisotopic (exact) mass is 196 g/mol. The van der Waals surface area contributed by atoms with E-state index in [0.29, 0.717) is 0 Å². The van der Waals surface area contributed by atoms with E-state index in [4.69, 9.17) is 7.85 Å². The van der Waals surface area contributed by atoms with Gasteiger partial charge in [-0.1, -0.05) is 13.8 Å². The number of ether oxygens (including phenoxy) is 1. The first-order chi connectivity index (χ1) is 6.49. The van der Waals surface area contributed by atoms with Gasteiger partial charge >= 0.3 is 0 Å². The van der Waals surface area contributed by atoms with Gasteiger partial charge in [0.15, 0.2) is 5.82 Å². The van der Waals surface area contributed by atoms with Gasteiger partial charge in [-0.25, -0.2) is 8.78 Å². The minimum atomic E-state index is -0.630. The molecule has 0 saturated carbocycles. The van der Waals surface area contributed by atoms with Crippen LogP contribution in [0.2, 0.25) is 0 Å². The van der Waals surface area contributed by atoms with Gasteiger partial charge in [0.25, 0.3) is 0 Å². The zero-order valence-corrected chi connectivity index (χ0v) is 8.40. The normalized spacial score (nSPS) is 10.7. The summed E-state index contributed by atoms with van der Waals surface area (Å²) in [5, 5.41) is 0. The molecule has 0 aromatic heterocycles. The van der Waals surface area contributed by atoms with Crippen molar-refractivity contribution in [2.24, 2.45) is 0 Å². The number of hydrogen-bond acceptors (Lipinski definition) is 1. The molecule has 4 heteroatoms. The van der Waals surface area contributed by atoms with Gasteiger partial charge in [0.05, 0.1) is 7.11 Å². The van der Waals surface area contributed by atoms with Crippen LogP contribution in [0.5, 0.6) is 5.75 Å². The summed E-state index contributed by atoms with van der Waals surface area (Å²) in [6.45, 7) is 3.54. The fourth-order valence-corrected chi connectivity index (χ4v) is 1.28. The molecule has 1 rings (SSSR count). The second kappa shape index (κ2) is 3.99. The number of halogens is 2. The Labute approximate surface area is 83.5 Å². The van der Waals surface area contributed by atoms with Crippen molar-refractivity contribution in [3.05, 3.63) is 23.3 Å². The molecular weight excluding hydrogens is 185 g/mol. The molecule has 0 fully saturated rings. The molecule has 0 aliphatic carbocycles. The highest BCUT2D eigenvalue weighted by Crippen LogP contribution is 2.23. The highest BCUT2D eigenvalue weighted by Gasteiger charge is 2.16. The molecule has 0 aliphatic rings. The van der Waals surface area contributed by atoms with Crippen LogP contribution >= 0.6 is 0 Å². The van der Waals surface area contributed by atoms with Crippen LogP contribution in [-0.2, 0) is 0 Å². The molecule has 1 nitrogen and oxygen atoms in total. The van der Waals surface area contributed by atoms with E-state index in [-0.39, 0.29) is 22.7 Å². The molecule has 0 saturated heterocycles. The first kappa shape index (κ1) is 11.0. The van der Waals surface area contributed by atoms with E-state index < -0.39 is 11.6 Å². The summed E-state index contributed by atoms with van der Waals surface area (Å²) in [6, 6.07) is 1.12. The predicted octanol–water partition coefficient (Wildman–Crippen LogP) is 1.89. The smallest absolute Gasteiger partial charge is 0.164 e. The van der Waals surface area contributed by atoms with E-state index in [1.807, 2.05) is 0 Å². The first-order valence-electron chi connectivity index (χ1n) is 4.30. The lowest BCUT2D eigenvalue weighted by Crippen LogP contribution is -2.17. The molecule has 0 heterocycles. The zero-order chi connectivity index (χ0) is 10.9. The van der Waals surface area contributed by atoms with Crippen LogP contribution < -0.4 is 10.2 Å².